The van der Waals surface area contributed by atoms with Gasteiger partial charge in [0.05, 0.1) is 0 Å². The number of hydrogen-bond acceptors (Lipinski definition) is 3. The van der Waals surface area contributed by atoms with Gasteiger partial charge in [-0.15, -0.1) is 0 Å². The smallest absolute Gasteiger partial charge is 0.0491 e. The molecule has 3 heteroatoms. The number of nitrogens with zero attached hydrogens (tertiary/aromatic N) is 2. The first-order valence-corrected chi connectivity index (χ1v) is 7.81. The third kappa shape index (κ3) is 2.39. The Morgan fingerprint density at radius 1 is 1.00 bits per heavy atom. The summed E-state index contributed by atoms with van der Waals surface area (Å²) in [6.45, 7) is 12.8. The molecule has 1 aromatic carbocycles. The summed E-state index contributed by atoms with van der Waals surface area (Å²) >= 11 is 0. The fraction of sp³-hybridized carbons (Fsp3) is 0.647. The summed E-state index contributed by atoms with van der Waals surface area (Å²) in [5.74, 6) is 0. The van der Waals surface area contributed by atoms with Gasteiger partial charge in [0.1, 0.15) is 0 Å². The SMILES string of the molecule is CNC(c1cc(C)c(C)cc1C)C1CN2CCN1CC2. The van der Waals surface area contributed by atoms with Gasteiger partial charge in [-0.3, -0.25) is 9.80 Å². The fourth-order valence-electron chi connectivity index (χ4n) is 3.85. The maximum atomic E-state index is 3.59. The number of rotatable bonds is 3. The zero-order valence-electron chi connectivity index (χ0n) is 13.2. The van der Waals surface area contributed by atoms with Crippen molar-refractivity contribution in [3.8, 4) is 0 Å². The Labute approximate surface area is 123 Å². The number of piperazine rings is 3. The van der Waals surface area contributed by atoms with Gasteiger partial charge < -0.3 is 5.32 Å². The number of likely N-dealkylation sites (N-methyl/N-ethyl adjacent to an activating group) is 1. The van der Waals surface area contributed by atoms with Crippen LogP contribution in [0.15, 0.2) is 12.1 Å². The molecule has 0 spiro atoms. The molecule has 0 saturated carbocycles. The lowest BCUT2D eigenvalue weighted by Gasteiger charge is -2.50. The molecule has 1 aromatic rings. The van der Waals surface area contributed by atoms with Crippen LogP contribution >= 0.6 is 0 Å². The maximum absolute atomic E-state index is 3.59. The molecule has 110 valence electrons. The molecular weight excluding hydrogens is 246 g/mol. The van der Waals surface area contributed by atoms with E-state index >= 15 is 0 Å². The second-order valence-electron chi connectivity index (χ2n) is 6.46. The molecule has 0 aliphatic carbocycles. The Kier molecular flexibility index (Phi) is 3.85. The minimum Gasteiger partial charge on any atom is -0.312 e. The Hall–Kier alpha value is -0.900. The Morgan fingerprint density at radius 3 is 2.20 bits per heavy atom. The third-order valence-corrected chi connectivity index (χ3v) is 5.23. The lowest BCUT2D eigenvalue weighted by atomic mass is 9.89. The predicted molar refractivity (Wildman–Crippen MR) is 84.3 cm³/mol. The van der Waals surface area contributed by atoms with E-state index in [-0.39, 0.29) is 0 Å². The van der Waals surface area contributed by atoms with Gasteiger partial charge in [0, 0.05) is 44.8 Å². The average molecular weight is 273 g/mol. The van der Waals surface area contributed by atoms with Crippen LogP contribution in [0.4, 0.5) is 0 Å². The van der Waals surface area contributed by atoms with Crippen molar-refractivity contribution in [1.82, 2.24) is 15.1 Å². The van der Waals surface area contributed by atoms with Crippen LogP contribution in [0.1, 0.15) is 28.3 Å². The summed E-state index contributed by atoms with van der Waals surface area (Å²) in [6.07, 6.45) is 0. The van der Waals surface area contributed by atoms with Crippen LogP contribution in [-0.4, -0.2) is 55.6 Å². The summed E-state index contributed by atoms with van der Waals surface area (Å²) in [6, 6.07) is 5.79. The molecule has 3 aliphatic heterocycles. The van der Waals surface area contributed by atoms with Crippen LogP contribution in [0.5, 0.6) is 0 Å². The molecule has 1 N–H and O–H groups in total. The highest BCUT2D eigenvalue weighted by Crippen LogP contribution is 2.30. The van der Waals surface area contributed by atoms with Crippen LogP contribution in [0, 0.1) is 20.8 Å². The Morgan fingerprint density at radius 2 is 1.65 bits per heavy atom. The van der Waals surface area contributed by atoms with Crippen molar-refractivity contribution in [3.05, 3.63) is 34.4 Å². The number of aryl methyl sites for hydroxylation is 3. The van der Waals surface area contributed by atoms with E-state index in [1.165, 1.54) is 55.0 Å². The quantitative estimate of drug-likeness (QED) is 0.907. The van der Waals surface area contributed by atoms with Crippen LogP contribution in [0.3, 0.4) is 0 Å². The first kappa shape index (κ1) is 14.1. The van der Waals surface area contributed by atoms with Gasteiger partial charge in [-0.25, -0.2) is 0 Å². The molecule has 3 nitrogen and oxygen atoms in total. The van der Waals surface area contributed by atoms with E-state index in [0.29, 0.717) is 12.1 Å². The monoisotopic (exact) mass is 273 g/mol. The molecule has 0 radical (unpaired) electrons. The molecule has 3 aliphatic rings. The molecule has 2 unspecified atom stereocenters. The molecular formula is C17H27N3. The molecule has 4 rings (SSSR count). The van der Waals surface area contributed by atoms with Crippen molar-refractivity contribution in [2.45, 2.75) is 32.9 Å². The van der Waals surface area contributed by atoms with Crippen LogP contribution < -0.4 is 5.32 Å². The number of benzene rings is 1. The summed E-state index contributed by atoms with van der Waals surface area (Å²) in [5.41, 5.74) is 5.71. The lowest BCUT2D eigenvalue weighted by molar-refractivity contribution is -0.00264. The summed E-state index contributed by atoms with van der Waals surface area (Å²) in [5, 5.41) is 3.59. The van der Waals surface area contributed by atoms with E-state index in [1.807, 2.05) is 0 Å². The van der Waals surface area contributed by atoms with Crippen molar-refractivity contribution >= 4 is 0 Å². The molecule has 2 atom stereocenters. The van der Waals surface area contributed by atoms with E-state index in [2.05, 4.69) is 55.1 Å². The normalized spacial score (nSPS) is 30.5. The van der Waals surface area contributed by atoms with Gasteiger partial charge in [-0.1, -0.05) is 12.1 Å². The Bertz CT molecular complexity index is 489. The third-order valence-electron chi connectivity index (χ3n) is 5.23. The summed E-state index contributed by atoms with van der Waals surface area (Å²) in [4.78, 5) is 5.29. The zero-order chi connectivity index (χ0) is 14.3. The minimum atomic E-state index is 0.442. The Balaban J connectivity index is 1.92. The van der Waals surface area contributed by atoms with Crippen molar-refractivity contribution in [1.29, 1.82) is 0 Å². The van der Waals surface area contributed by atoms with Crippen molar-refractivity contribution in [3.63, 3.8) is 0 Å². The van der Waals surface area contributed by atoms with E-state index < -0.39 is 0 Å². The van der Waals surface area contributed by atoms with E-state index in [4.69, 9.17) is 0 Å². The summed E-state index contributed by atoms with van der Waals surface area (Å²) in [7, 11) is 2.11. The zero-order valence-corrected chi connectivity index (χ0v) is 13.2. The minimum absolute atomic E-state index is 0.442. The van der Waals surface area contributed by atoms with Crippen LogP contribution in [0.2, 0.25) is 0 Å². The van der Waals surface area contributed by atoms with E-state index in [9.17, 15) is 0 Å². The summed E-state index contributed by atoms with van der Waals surface area (Å²) < 4.78 is 0. The number of fused-ring (bicyclic) bond motifs is 3. The van der Waals surface area contributed by atoms with Crippen LogP contribution in [-0.2, 0) is 0 Å². The number of hydrogen-bond donors (Lipinski definition) is 1. The molecule has 0 aromatic heterocycles. The van der Waals surface area contributed by atoms with Gasteiger partial charge in [-0.05, 0) is 50.1 Å². The number of nitrogens with one attached hydrogen (secondary N) is 1. The fourth-order valence-corrected chi connectivity index (χ4v) is 3.85. The molecule has 0 amide bonds. The second-order valence-corrected chi connectivity index (χ2v) is 6.46. The van der Waals surface area contributed by atoms with Gasteiger partial charge in [0.15, 0.2) is 0 Å². The topological polar surface area (TPSA) is 18.5 Å². The highest BCUT2D eigenvalue weighted by atomic mass is 15.4. The van der Waals surface area contributed by atoms with Gasteiger partial charge in [0.25, 0.3) is 0 Å². The maximum Gasteiger partial charge on any atom is 0.0491 e. The van der Waals surface area contributed by atoms with E-state index in [1.54, 1.807) is 0 Å². The van der Waals surface area contributed by atoms with Crippen molar-refractivity contribution in [2.75, 3.05) is 39.8 Å². The molecule has 3 fully saturated rings. The molecule has 3 saturated heterocycles. The molecule has 20 heavy (non-hydrogen) atoms. The largest absolute Gasteiger partial charge is 0.312 e. The highest BCUT2D eigenvalue weighted by Gasteiger charge is 2.37. The first-order chi connectivity index (χ1) is 9.60. The molecule has 3 heterocycles. The first-order valence-electron chi connectivity index (χ1n) is 7.81. The van der Waals surface area contributed by atoms with Crippen molar-refractivity contribution < 1.29 is 0 Å². The average Bonchev–Trinajstić information content (AvgIpc) is 2.46. The van der Waals surface area contributed by atoms with Crippen LogP contribution in [0.25, 0.3) is 0 Å². The van der Waals surface area contributed by atoms with Gasteiger partial charge in [0.2, 0.25) is 0 Å². The predicted octanol–water partition coefficient (Wildman–Crippen LogP) is 1.87. The second kappa shape index (κ2) is 5.47. The molecule has 2 bridgehead atoms. The van der Waals surface area contributed by atoms with E-state index in [0.717, 1.165) is 0 Å². The highest BCUT2D eigenvalue weighted by molar-refractivity contribution is 5.39. The van der Waals surface area contributed by atoms with Crippen molar-refractivity contribution in [2.24, 2.45) is 0 Å². The standard InChI is InChI=1S/C17H27N3/c1-12-9-14(3)15(10-13(12)2)17(18-4)16-11-19-5-7-20(16)8-6-19/h9-10,16-18H,5-8,11H2,1-4H3. The van der Waals surface area contributed by atoms with Gasteiger partial charge in [-0.2, -0.15) is 0 Å². The van der Waals surface area contributed by atoms with Gasteiger partial charge >= 0.3 is 0 Å². The lowest BCUT2D eigenvalue weighted by Crippen LogP contribution is -2.63.